The summed E-state index contributed by atoms with van der Waals surface area (Å²) in [6.07, 6.45) is 0. The number of aliphatic hydroxyl groups excluding tert-OH is 1. The lowest BCUT2D eigenvalue weighted by Gasteiger charge is -2.12. The Kier molecular flexibility index (Phi) is 16.0. The van der Waals surface area contributed by atoms with E-state index in [9.17, 15) is 19.2 Å². The van der Waals surface area contributed by atoms with Gasteiger partial charge in [0.2, 0.25) is 0 Å². The fourth-order valence-electron chi connectivity index (χ4n) is 2.90. The third kappa shape index (κ3) is 9.90. The van der Waals surface area contributed by atoms with E-state index in [2.05, 4.69) is 20.2 Å². The third-order valence-corrected chi connectivity index (χ3v) is 4.74. The number of fused-ring (bicyclic) bond motifs is 2. The molecule has 0 radical (unpaired) electrons. The first-order valence-corrected chi connectivity index (χ1v) is 11.5. The normalized spacial score (nSPS) is 13.1. The smallest absolute Gasteiger partial charge is 0.285 e. The van der Waals surface area contributed by atoms with Gasteiger partial charge < -0.3 is 24.2 Å². The molecule has 4 amide bonds. The fourth-order valence-corrected chi connectivity index (χ4v) is 2.90. The number of hydroxylamine groups is 4. The Balaban J connectivity index is 0.000000291. The van der Waals surface area contributed by atoms with Crippen molar-refractivity contribution in [2.45, 2.75) is 0 Å². The van der Waals surface area contributed by atoms with Gasteiger partial charge in [-0.1, -0.05) is 24.3 Å². The number of rotatable bonds is 9. The molecule has 0 spiro atoms. The van der Waals surface area contributed by atoms with Crippen molar-refractivity contribution < 1.29 is 53.4 Å². The number of nitrogens with two attached hydrogens (primary N) is 1. The highest BCUT2D eigenvalue weighted by atomic mass is 16.7. The van der Waals surface area contributed by atoms with Gasteiger partial charge in [-0.3, -0.25) is 29.2 Å². The van der Waals surface area contributed by atoms with Crippen LogP contribution in [-0.2, 0) is 23.9 Å². The average molecular weight is 552 g/mol. The van der Waals surface area contributed by atoms with Crippen molar-refractivity contribution in [1.29, 1.82) is 0 Å². The molecule has 0 saturated heterocycles. The SMILES string of the molecule is COCCO.COCCON.COCCON1C(=O)c2ccccc2C1=O.O=C1c2ccccc2C(=O)N1O. The van der Waals surface area contributed by atoms with E-state index in [-0.39, 0.29) is 29.4 Å². The van der Waals surface area contributed by atoms with Crippen LogP contribution in [0.2, 0.25) is 0 Å². The second-order valence-electron chi connectivity index (χ2n) is 7.32. The monoisotopic (exact) mass is 551 g/mol. The summed E-state index contributed by atoms with van der Waals surface area (Å²) in [5, 5.41) is 17.8. The van der Waals surface area contributed by atoms with E-state index in [1.54, 1.807) is 50.6 Å². The van der Waals surface area contributed by atoms with Crippen molar-refractivity contribution in [3.63, 3.8) is 0 Å². The zero-order valence-electron chi connectivity index (χ0n) is 21.9. The molecule has 0 aromatic heterocycles. The molecule has 0 fully saturated rings. The van der Waals surface area contributed by atoms with Crippen LogP contribution in [0.4, 0.5) is 0 Å². The molecule has 4 N–H and O–H groups in total. The van der Waals surface area contributed by atoms with Crippen molar-refractivity contribution in [1.82, 2.24) is 10.1 Å². The summed E-state index contributed by atoms with van der Waals surface area (Å²) in [5.41, 5.74) is 1.27. The van der Waals surface area contributed by atoms with Crippen LogP contribution in [0.25, 0.3) is 0 Å². The minimum atomic E-state index is -0.657. The number of hydrogen-bond acceptors (Lipinski definition) is 12. The number of carbonyl (C=O) groups is 4. The van der Waals surface area contributed by atoms with Gasteiger partial charge in [0, 0.05) is 21.3 Å². The Morgan fingerprint density at radius 3 is 1.33 bits per heavy atom. The summed E-state index contributed by atoms with van der Waals surface area (Å²) in [7, 11) is 4.67. The fraction of sp³-hybridized carbons (Fsp3) is 0.360. The summed E-state index contributed by atoms with van der Waals surface area (Å²) < 4.78 is 13.8. The molecule has 14 heteroatoms. The lowest BCUT2D eigenvalue weighted by molar-refractivity contribution is -0.103. The number of methoxy groups -OCH3 is 3. The molecule has 14 nitrogen and oxygen atoms in total. The van der Waals surface area contributed by atoms with Gasteiger partial charge in [0.15, 0.2) is 0 Å². The number of aliphatic hydroxyl groups is 1. The number of amides is 4. The molecule has 2 aromatic rings. The van der Waals surface area contributed by atoms with Crippen LogP contribution in [0.3, 0.4) is 0 Å². The largest absolute Gasteiger partial charge is 0.394 e. The molecule has 2 heterocycles. The van der Waals surface area contributed by atoms with Crippen LogP contribution in [0, 0.1) is 0 Å². The van der Waals surface area contributed by atoms with E-state index >= 15 is 0 Å². The molecule has 214 valence electrons. The highest BCUT2D eigenvalue weighted by Gasteiger charge is 2.36. The Morgan fingerprint density at radius 1 is 0.641 bits per heavy atom. The van der Waals surface area contributed by atoms with Crippen molar-refractivity contribution >= 4 is 23.6 Å². The van der Waals surface area contributed by atoms with Gasteiger partial charge >= 0.3 is 0 Å². The summed E-state index contributed by atoms with van der Waals surface area (Å²) in [5.74, 6) is 2.48. The Morgan fingerprint density at radius 2 is 1.03 bits per heavy atom. The van der Waals surface area contributed by atoms with E-state index in [0.29, 0.717) is 37.6 Å². The molecular formula is C25H33N3O11. The highest BCUT2D eigenvalue weighted by molar-refractivity contribution is 6.21. The number of carbonyl (C=O) groups excluding carboxylic acids is 4. The van der Waals surface area contributed by atoms with Crippen molar-refractivity contribution in [3.05, 3.63) is 70.8 Å². The first kappa shape index (κ1) is 33.4. The minimum Gasteiger partial charge on any atom is -0.394 e. The summed E-state index contributed by atoms with van der Waals surface area (Å²) in [6.45, 7) is 2.10. The van der Waals surface area contributed by atoms with Crippen molar-refractivity contribution in [3.8, 4) is 0 Å². The van der Waals surface area contributed by atoms with E-state index in [0.717, 1.165) is 5.06 Å². The second kappa shape index (κ2) is 18.6. The minimum absolute atomic E-state index is 0.122. The molecule has 2 aromatic carbocycles. The third-order valence-electron chi connectivity index (χ3n) is 4.74. The zero-order valence-corrected chi connectivity index (χ0v) is 21.9. The van der Waals surface area contributed by atoms with Gasteiger partial charge in [0.1, 0.15) is 0 Å². The molecule has 0 atom stereocenters. The Labute approximate surface area is 225 Å². The summed E-state index contributed by atoms with van der Waals surface area (Å²) >= 11 is 0. The topological polar surface area (TPSA) is 187 Å². The molecule has 0 unspecified atom stereocenters. The standard InChI is InChI=1S/C11H11NO4.C8H5NO3.C3H9NO2.C3H8O2/c1-15-6-7-16-12-10(13)8-4-2-3-5-9(8)11(12)14;10-7-5-3-1-2-4-6(5)8(11)9(7)12;1-5-2-3-6-4;1-5-3-2-4/h2-5H,6-7H2,1H3;1-4,12H;2-4H2,1H3;4H,2-3H2,1H3. The molecule has 2 aliphatic rings. The quantitative estimate of drug-likeness (QED) is 0.171. The number of imide groups is 2. The summed E-state index contributed by atoms with van der Waals surface area (Å²) in [6, 6.07) is 12.9. The van der Waals surface area contributed by atoms with Crippen LogP contribution in [-0.4, -0.2) is 105 Å². The highest BCUT2D eigenvalue weighted by Crippen LogP contribution is 2.22. The Hall–Kier alpha value is -3.60. The maximum Gasteiger partial charge on any atom is 0.285 e. The van der Waals surface area contributed by atoms with Gasteiger partial charge in [-0.2, -0.15) is 0 Å². The van der Waals surface area contributed by atoms with Crippen LogP contribution in [0.5, 0.6) is 0 Å². The van der Waals surface area contributed by atoms with Gasteiger partial charge in [-0.05, 0) is 24.3 Å². The molecular weight excluding hydrogens is 518 g/mol. The number of benzene rings is 2. The molecule has 39 heavy (non-hydrogen) atoms. The van der Waals surface area contributed by atoms with E-state index in [4.69, 9.17) is 19.9 Å². The maximum absolute atomic E-state index is 11.7. The number of nitrogens with zero attached hydrogens (tertiary/aromatic N) is 2. The maximum atomic E-state index is 11.7. The van der Waals surface area contributed by atoms with Gasteiger partial charge in [0.25, 0.3) is 23.6 Å². The average Bonchev–Trinajstić information content (AvgIpc) is 3.34. The Bertz CT molecular complexity index is 1000. The molecule has 0 aliphatic carbocycles. The second-order valence-corrected chi connectivity index (χ2v) is 7.32. The number of ether oxygens (including phenoxy) is 3. The van der Waals surface area contributed by atoms with Gasteiger partial charge in [-0.25, -0.2) is 5.90 Å². The lowest BCUT2D eigenvalue weighted by Crippen LogP contribution is -2.31. The summed E-state index contributed by atoms with van der Waals surface area (Å²) in [4.78, 5) is 54.8. The van der Waals surface area contributed by atoms with Crippen molar-refractivity contribution in [2.24, 2.45) is 5.90 Å². The van der Waals surface area contributed by atoms with E-state index in [1.165, 1.54) is 19.2 Å². The molecule has 0 bridgehead atoms. The molecule has 4 rings (SSSR count). The van der Waals surface area contributed by atoms with E-state index < -0.39 is 23.6 Å². The van der Waals surface area contributed by atoms with Gasteiger partial charge in [0.05, 0.1) is 61.9 Å². The lowest BCUT2D eigenvalue weighted by atomic mass is 10.1. The molecule has 0 saturated carbocycles. The zero-order chi connectivity index (χ0) is 29.2. The van der Waals surface area contributed by atoms with E-state index in [1.807, 2.05) is 0 Å². The first-order valence-electron chi connectivity index (χ1n) is 11.5. The van der Waals surface area contributed by atoms with Gasteiger partial charge in [-0.15, -0.1) is 10.1 Å². The molecule has 2 aliphatic heterocycles. The van der Waals surface area contributed by atoms with Crippen LogP contribution in [0.15, 0.2) is 48.5 Å². The van der Waals surface area contributed by atoms with Crippen LogP contribution in [0.1, 0.15) is 41.4 Å². The predicted molar refractivity (Wildman–Crippen MR) is 134 cm³/mol. The van der Waals surface area contributed by atoms with Crippen LogP contribution >= 0.6 is 0 Å². The number of hydrogen-bond donors (Lipinski definition) is 3. The first-order chi connectivity index (χ1) is 18.8. The van der Waals surface area contributed by atoms with Crippen LogP contribution < -0.4 is 5.90 Å². The predicted octanol–water partition coefficient (Wildman–Crippen LogP) is 0.681. The van der Waals surface area contributed by atoms with Crippen molar-refractivity contribution in [2.75, 3.05) is 61.0 Å².